The van der Waals surface area contributed by atoms with E-state index in [2.05, 4.69) is 25.5 Å². The number of carbonyl (C=O) groups excluding carboxylic acids is 1. The number of aryl methyl sites for hydroxylation is 2. The van der Waals surface area contributed by atoms with Crippen LogP contribution in [-0.2, 0) is 17.6 Å². The van der Waals surface area contributed by atoms with Crippen LogP contribution in [0.4, 0.5) is 5.69 Å². The number of halogens is 1. The first-order valence-electron chi connectivity index (χ1n) is 8.95. The van der Waals surface area contributed by atoms with Crippen LogP contribution in [0.3, 0.4) is 0 Å². The molecule has 2 aromatic heterocycles. The van der Waals surface area contributed by atoms with Gasteiger partial charge < -0.3 is 14.6 Å². The zero-order chi connectivity index (χ0) is 21.7. The van der Waals surface area contributed by atoms with Crippen molar-refractivity contribution in [3.8, 4) is 5.75 Å². The van der Waals surface area contributed by atoms with Crippen LogP contribution in [0.1, 0.15) is 17.2 Å². The topological polar surface area (TPSA) is 94.8 Å². The number of thioether (sulfide) groups is 2. The zero-order valence-electron chi connectivity index (χ0n) is 17.0. The quantitative estimate of drug-likeness (QED) is 0.396. The largest absolute Gasteiger partial charge is 0.495 e. The van der Waals surface area contributed by atoms with Crippen molar-refractivity contribution in [2.24, 2.45) is 7.05 Å². The van der Waals surface area contributed by atoms with Crippen molar-refractivity contribution in [3.63, 3.8) is 0 Å². The van der Waals surface area contributed by atoms with Crippen molar-refractivity contribution < 1.29 is 9.53 Å². The van der Waals surface area contributed by atoms with E-state index in [-0.39, 0.29) is 11.7 Å². The number of anilines is 1. The number of nitrogens with zero attached hydrogens (tertiary/aromatic N) is 5. The van der Waals surface area contributed by atoms with E-state index in [0.29, 0.717) is 32.5 Å². The van der Waals surface area contributed by atoms with Crippen LogP contribution in [0, 0.1) is 13.8 Å². The minimum absolute atomic E-state index is 0.176. The Labute approximate surface area is 188 Å². The third kappa shape index (κ3) is 5.87. The summed E-state index contributed by atoms with van der Waals surface area (Å²) in [6.45, 7) is 3.89. The van der Waals surface area contributed by atoms with E-state index in [1.165, 1.54) is 30.6 Å². The highest BCUT2D eigenvalue weighted by molar-refractivity contribution is 7.99. The predicted octanol–water partition coefficient (Wildman–Crippen LogP) is 3.91. The number of amides is 1. The summed E-state index contributed by atoms with van der Waals surface area (Å²) in [6, 6.07) is 6.99. The van der Waals surface area contributed by atoms with Crippen molar-refractivity contribution in [1.29, 1.82) is 0 Å². The standard InChI is InChI=1S/C19H21ClN6O2S2/c1-11-7-12(2)22-18(21-11)29-9-16-24-25-19(26(16)3)30-10-17(27)23-14-8-13(20)5-6-15(14)28-4/h5-8H,9-10H2,1-4H3,(H,23,27). The van der Waals surface area contributed by atoms with Gasteiger partial charge in [-0.3, -0.25) is 4.79 Å². The molecule has 3 rings (SSSR count). The summed E-state index contributed by atoms with van der Waals surface area (Å²) in [6.07, 6.45) is 0. The van der Waals surface area contributed by atoms with Crippen LogP contribution >= 0.6 is 35.1 Å². The summed E-state index contributed by atoms with van der Waals surface area (Å²) in [5, 5.41) is 13.1. The average molecular weight is 465 g/mol. The SMILES string of the molecule is COc1ccc(Cl)cc1NC(=O)CSc1nnc(CSc2nc(C)cc(C)n2)n1C. The van der Waals surface area contributed by atoms with Crippen molar-refractivity contribution >= 4 is 46.7 Å². The first-order chi connectivity index (χ1) is 14.4. The van der Waals surface area contributed by atoms with E-state index < -0.39 is 0 Å². The van der Waals surface area contributed by atoms with E-state index in [1.807, 2.05) is 31.5 Å². The number of methoxy groups -OCH3 is 1. The van der Waals surface area contributed by atoms with Gasteiger partial charge >= 0.3 is 0 Å². The fraction of sp³-hybridized carbons (Fsp3) is 0.316. The van der Waals surface area contributed by atoms with E-state index >= 15 is 0 Å². The highest BCUT2D eigenvalue weighted by Crippen LogP contribution is 2.28. The zero-order valence-corrected chi connectivity index (χ0v) is 19.4. The molecule has 0 aliphatic carbocycles. The Bertz CT molecular complexity index is 1040. The van der Waals surface area contributed by atoms with Crippen LogP contribution in [0.15, 0.2) is 34.6 Å². The Hall–Kier alpha value is -2.30. The molecule has 0 saturated heterocycles. The molecule has 1 aromatic carbocycles. The molecule has 0 fully saturated rings. The first kappa shape index (κ1) is 22.4. The molecule has 11 heteroatoms. The molecule has 0 bridgehead atoms. The third-order valence-electron chi connectivity index (χ3n) is 3.99. The van der Waals surface area contributed by atoms with Crippen LogP contribution in [-0.4, -0.2) is 43.5 Å². The van der Waals surface area contributed by atoms with E-state index in [9.17, 15) is 4.79 Å². The van der Waals surface area contributed by atoms with Crippen molar-refractivity contribution in [2.75, 3.05) is 18.2 Å². The summed E-state index contributed by atoms with van der Waals surface area (Å²) in [7, 11) is 3.41. The molecule has 0 aliphatic heterocycles. The third-order valence-corrected chi connectivity index (χ3v) is 6.08. The normalized spacial score (nSPS) is 10.8. The number of aromatic nitrogens is 5. The number of hydrogen-bond donors (Lipinski definition) is 1. The Kier molecular flexibility index (Phi) is 7.57. The molecule has 0 atom stereocenters. The summed E-state index contributed by atoms with van der Waals surface area (Å²) in [5.74, 6) is 1.89. The van der Waals surface area contributed by atoms with Crippen LogP contribution in [0.2, 0.25) is 5.02 Å². The fourth-order valence-electron chi connectivity index (χ4n) is 2.58. The lowest BCUT2D eigenvalue weighted by Gasteiger charge is -2.10. The maximum absolute atomic E-state index is 12.3. The van der Waals surface area contributed by atoms with Gasteiger partial charge in [0.25, 0.3) is 0 Å². The second-order valence-electron chi connectivity index (χ2n) is 6.36. The highest BCUT2D eigenvalue weighted by atomic mass is 35.5. The molecule has 0 aliphatic rings. The molecule has 0 radical (unpaired) electrons. The number of benzene rings is 1. The van der Waals surface area contributed by atoms with Gasteiger partial charge in [0.05, 0.1) is 24.3 Å². The van der Waals surface area contributed by atoms with E-state index in [1.54, 1.807) is 18.2 Å². The van der Waals surface area contributed by atoms with Gasteiger partial charge in [-0.25, -0.2) is 9.97 Å². The Morgan fingerprint density at radius 2 is 1.90 bits per heavy atom. The summed E-state index contributed by atoms with van der Waals surface area (Å²) in [5.41, 5.74) is 2.39. The monoisotopic (exact) mass is 464 g/mol. The molecule has 30 heavy (non-hydrogen) atoms. The van der Waals surface area contributed by atoms with Gasteiger partial charge in [-0.2, -0.15) is 0 Å². The number of hydrogen-bond acceptors (Lipinski definition) is 8. The Balaban J connectivity index is 1.57. The second-order valence-corrected chi connectivity index (χ2v) is 8.68. The predicted molar refractivity (Wildman–Crippen MR) is 119 cm³/mol. The smallest absolute Gasteiger partial charge is 0.234 e. The van der Waals surface area contributed by atoms with Crippen LogP contribution < -0.4 is 10.1 Å². The van der Waals surface area contributed by atoms with Crippen molar-refractivity contribution in [1.82, 2.24) is 24.7 Å². The molecule has 1 N–H and O–H groups in total. The van der Waals surface area contributed by atoms with Crippen LogP contribution in [0.25, 0.3) is 0 Å². The number of nitrogens with one attached hydrogen (secondary N) is 1. The van der Waals surface area contributed by atoms with Gasteiger partial charge in [0.1, 0.15) is 11.6 Å². The van der Waals surface area contributed by atoms with Gasteiger partial charge in [-0.05, 0) is 38.1 Å². The molecule has 0 unspecified atom stereocenters. The molecular formula is C19H21ClN6O2S2. The molecule has 1 amide bonds. The molecule has 8 nitrogen and oxygen atoms in total. The number of carbonyl (C=O) groups is 1. The fourth-order valence-corrected chi connectivity index (χ4v) is 4.41. The summed E-state index contributed by atoms with van der Waals surface area (Å²) < 4.78 is 7.11. The lowest BCUT2D eigenvalue weighted by atomic mass is 10.3. The van der Waals surface area contributed by atoms with Gasteiger partial charge in [0, 0.05) is 23.5 Å². The maximum Gasteiger partial charge on any atom is 0.234 e. The van der Waals surface area contributed by atoms with Crippen molar-refractivity contribution in [3.05, 3.63) is 46.5 Å². The number of ether oxygens (including phenoxy) is 1. The van der Waals surface area contributed by atoms with Gasteiger partial charge in [-0.15, -0.1) is 10.2 Å². The van der Waals surface area contributed by atoms with Gasteiger partial charge in [0.2, 0.25) is 5.91 Å². The second kappa shape index (κ2) is 10.1. The Morgan fingerprint density at radius 3 is 2.60 bits per heavy atom. The van der Waals surface area contributed by atoms with Crippen LogP contribution in [0.5, 0.6) is 5.75 Å². The molecule has 2 heterocycles. The van der Waals surface area contributed by atoms with E-state index in [0.717, 1.165) is 17.2 Å². The minimum Gasteiger partial charge on any atom is -0.495 e. The highest BCUT2D eigenvalue weighted by Gasteiger charge is 2.14. The lowest BCUT2D eigenvalue weighted by Crippen LogP contribution is -2.15. The lowest BCUT2D eigenvalue weighted by molar-refractivity contribution is -0.113. The first-order valence-corrected chi connectivity index (χ1v) is 11.3. The molecule has 0 saturated carbocycles. The van der Waals surface area contributed by atoms with Gasteiger partial charge in [-0.1, -0.05) is 35.1 Å². The molecule has 3 aromatic rings. The molecule has 0 spiro atoms. The minimum atomic E-state index is -0.192. The Morgan fingerprint density at radius 1 is 1.17 bits per heavy atom. The average Bonchev–Trinajstić information content (AvgIpc) is 3.04. The number of rotatable bonds is 8. The molecule has 158 valence electrons. The summed E-state index contributed by atoms with van der Waals surface area (Å²) >= 11 is 8.80. The molecular weight excluding hydrogens is 444 g/mol. The van der Waals surface area contributed by atoms with Crippen molar-refractivity contribution in [2.45, 2.75) is 29.9 Å². The van der Waals surface area contributed by atoms with Gasteiger partial charge in [0.15, 0.2) is 10.3 Å². The maximum atomic E-state index is 12.3. The summed E-state index contributed by atoms with van der Waals surface area (Å²) in [4.78, 5) is 21.2. The van der Waals surface area contributed by atoms with E-state index in [4.69, 9.17) is 16.3 Å².